The van der Waals surface area contributed by atoms with E-state index in [1.807, 2.05) is 48.5 Å². The standard InChI is InChI=1S/C25H24N2O3/c1-28-19-10-6-16(7-11-19)14-18-4-3-5-21-23(17-8-12-20(29-2)13-9-17)22(15-26)25(27)30-24(18)21/h6-14,23H,3-5,27H2,1-2H3/b18-14-/t23-/m0/s1. The fourth-order valence-corrected chi connectivity index (χ4v) is 4.11. The Morgan fingerprint density at radius 3 is 2.23 bits per heavy atom. The predicted molar refractivity (Wildman–Crippen MR) is 115 cm³/mol. The summed E-state index contributed by atoms with van der Waals surface area (Å²) >= 11 is 0. The van der Waals surface area contributed by atoms with Crippen LogP contribution in [0.15, 0.2) is 76.9 Å². The van der Waals surface area contributed by atoms with Gasteiger partial charge < -0.3 is 19.9 Å². The van der Waals surface area contributed by atoms with Gasteiger partial charge in [0.25, 0.3) is 0 Å². The van der Waals surface area contributed by atoms with Gasteiger partial charge in [0.15, 0.2) is 0 Å². The van der Waals surface area contributed by atoms with Crippen molar-refractivity contribution >= 4 is 6.08 Å². The molecule has 0 saturated heterocycles. The molecule has 5 heteroatoms. The van der Waals surface area contributed by atoms with E-state index < -0.39 is 0 Å². The van der Waals surface area contributed by atoms with Crippen LogP contribution < -0.4 is 15.2 Å². The molecule has 0 amide bonds. The Bertz CT molecular complexity index is 1070. The van der Waals surface area contributed by atoms with Crippen LogP contribution in [0.2, 0.25) is 0 Å². The smallest absolute Gasteiger partial charge is 0.205 e. The minimum atomic E-state index is -0.204. The molecule has 1 atom stereocenters. The zero-order valence-corrected chi connectivity index (χ0v) is 17.1. The number of nitrogens with zero attached hydrogens (tertiary/aromatic N) is 1. The van der Waals surface area contributed by atoms with Gasteiger partial charge in [-0.3, -0.25) is 0 Å². The fraction of sp³-hybridized carbons (Fsp3) is 0.240. The first-order chi connectivity index (χ1) is 14.6. The topological polar surface area (TPSA) is 77.5 Å². The van der Waals surface area contributed by atoms with Crippen LogP contribution in [0.4, 0.5) is 0 Å². The molecule has 1 aliphatic heterocycles. The molecule has 0 saturated carbocycles. The molecular weight excluding hydrogens is 376 g/mol. The highest BCUT2D eigenvalue weighted by Crippen LogP contribution is 2.47. The number of hydrogen-bond acceptors (Lipinski definition) is 5. The summed E-state index contributed by atoms with van der Waals surface area (Å²) in [6.07, 6.45) is 4.89. The van der Waals surface area contributed by atoms with Gasteiger partial charge in [-0.1, -0.05) is 24.3 Å². The zero-order valence-electron chi connectivity index (χ0n) is 17.1. The summed E-state index contributed by atoms with van der Waals surface area (Å²) in [6, 6.07) is 18.0. The lowest BCUT2D eigenvalue weighted by Gasteiger charge is -2.33. The van der Waals surface area contributed by atoms with Crippen LogP contribution in [0, 0.1) is 11.3 Å². The van der Waals surface area contributed by atoms with Crippen LogP contribution >= 0.6 is 0 Å². The molecule has 0 aromatic heterocycles. The lowest BCUT2D eigenvalue weighted by molar-refractivity contribution is 0.277. The third-order valence-electron chi connectivity index (χ3n) is 5.62. The van der Waals surface area contributed by atoms with E-state index in [2.05, 4.69) is 12.1 Å². The molecule has 2 aliphatic rings. The van der Waals surface area contributed by atoms with Crippen molar-refractivity contribution in [3.63, 3.8) is 0 Å². The fourth-order valence-electron chi connectivity index (χ4n) is 4.11. The summed E-state index contributed by atoms with van der Waals surface area (Å²) < 4.78 is 16.5. The van der Waals surface area contributed by atoms with Gasteiger partial charge in [0, 0.05) is 5.92 Å². The first kappa shape index (κ1) is 19.7. The summed E-state index contributed by atoms with van der Waals surface area (Å²) in [5, 5.41) is 9.79. The zero-order chi connectivity index (χ0) is 21.1. The molecule has 0 bridgehead atoms. The molecule has 2 aromatic carbocycles. The van der Waals surface area contributed by atoms with Crippen molar-refractivity contribution < 1.29 is 14.2 Å². The molecule has 1 aliphatic carbocycles. The van der Waals surface area contributed by atoms with Crippen molar-refractivity contribution in [3.05, 3.63) is 88.0 Å². The summed E-state index contributed by atoms with van der Waals surface area (Å²) in [5.41, 5.74) is 11.0. The number of methoxy groups -OCH3 is 2. The number of ether oxygens (including phenoxy) is 3. The molecule has 0 radical (unpaired) electrons. The minimum Gasteiger partial charge on any atom is -0.497 e. The summed E-state index contributed by atoms with van der Waals surface area (Å²) in [4.78, 5) is 0. The van der Waals surface area contributed by atoms with Crippen molar-refractivity contribution in [2.75, 3.05) is 14.2 Å². The van der Waals surface area contributed by atoms with Gasteiger partial charge in [-0.25, -0.2) is 0 Å². The van der Waals surface area contributed by atoms with E-state index in [0.29, 0.717) is 5.57 Å². The highest BCUT2D eigenvalue weighted by molar-refractivity contribution is 5.62. The lowest BCUT2D eigenvalue weighted by Crippen LogP contribution is -2.23. The number of allylic oxidation sites excluding steroid dienone is 3. The molecule has 30 heavy (non-hydrogen) atoms. The molecule has 5 nitrogen and oxygen atoms in total. The summed E-state index contributed by atoms with van der Waals surface area (Å²) in [7, 11) is 3.29. The van der Waals surface area contributed by atoms with Crippen molar-refractivity contribution in [1.82, 2.24) is 0 Å². The Hall–Kier alpha value is -3.65. The Morgan fingerprint density at radius 1 is 1.00 bits per heavy atom. The number of rotatable bonds is 4. The van der Waals surface area contributed by atoms with E-state index in [0.717, 1.165) is 58.8 Å². The van der Waals surface area contributed by atoms with Gasteiger partial charge in [0.05, 0.1) is 14.2 Å². The molecule has 2 aromatic rings. The Balaban J connectivity index is 1.78. The van der Waals surface area contributed by atoms with Crippen LogP contribution in [0.25, 0.3) is 6.08 Å². The summed E-state index contributed by atoms with van der Waals surface area (Å²) in [5.74, 6) is 2.37. The molecule has 0 spiro atoms. The average molecular weight is 400 g/mol. The van der Waals surface area contributed by atoms with E-state index in [-0.39, 0.29) is 11.8 Å². The van der Waals surface area contributed by atoms with E-state index in [1.54, 1.807) is 14.2 Å². The minimum absolute atomic E-state index is 0.180. The van der Waals surface area contributed by atoms with E-state index in [1.165, 1.54) is 0 Å². The van der Waals surface area contributed by atoms with Gasteiger partial charge in [-0.15, -0.1) is 0 Å². The maximum absolute atomic E-state index is 9.79. The molecule has 0 fully saturated rings. The third kappa shape index (κ3) is 3.65. The van der Waals surface area contributed by atoms with Gasteiger partial charge >= 0.3 is 0 Å². The second kappa shape index (κ2) is 8.38. The largest absolute Gasteiger partial charge is 0.497 e. The number of nitriles is 1. The maximum atomic E-state index is 9.79. The Morgan fingerprint density at radius 2 is 1.63 bits per heavy atom. The van der Waals surface area contributed by atoms with Crippen LogP contribution in [-0.4, -0.2) is 14.2 Å². The molecule has 152 valence electrons. The lowest BCUT2D eigenvalue weighted by atomic mass is 9.77. The Kier molecular flexibility index (Phi) is 5.49. The SMILES string of the molecule is COc1ccc(/C=C2/CCCC3=C2OC(N)=C(C#N)[C@H]3c2ccc(OC)cc2)cc1. The third-order valence-corrected chi connectivity index (χ3v) is 5.62. The van der Waals surface area contributed by atoms with Crippen LogP contribution in [0.3, 0.4) is 0 Å². The van der Waals surface area contributed by atoms with E-state index in [9.17, 15) is 5.26 Å². The highest BCUT2D eigenvalue weighted by atomic mass is 16.5. The number of nitrogens with two attached hydrogens (primary N) is 1. The Labute approximate surface area is 176 Å². The highest BCUT2D eigenvalue weighted by Gasteiger charge is 2.35. The van der Waals surface area contributed by atoms with Crippen LogP contribution in [0.1, 0.15) is 36.3 Å². The van der Waals surface area contributed by atoms with E-state index in [4.69, 9.17) is 19.9 Å². The average Bonchev–Trinajstić information content (AvgIpc) is 2.79. The second-order valence-corrected chi connectivity index (χ2v) is 7.35. The number of benzene rings is 2. The first-order valence-electron chi connectivity index (χ1n) is 9.94. The van der Waals surface area contributed by atoms with E-state index >= 15 is 0 Å². The number of hydrogen-bond donors (Lipinski definition) is 1. The molecule has 1 heterocycles. The van der Waals surface area contributed by atoms with Crippen molar-refractivity contribution in [2.45, 2.75) is 25.2 Å². The molecular formula is C25H24N2O3. The normalized spacial score (nSPS) is 19.8. The van der Waals surface area contributed by atoms with Gasteiger partial charge in [-0.05, 0) is 71.9 Å². The van der Waals surface area contributed by atoms with Crippen molar-refractivity contribution in [2.24, 2.45) is 5.73 Å². The maximum Gasteiger partial charge on any atom is 0.205 e. The monoisotopic (exact) mass is 400 g/mol. The van der Waals surface area contributed by atoms with Gasteiger partial charge in [0.2, 0.25) is 5.88 Å². The molecule has 4 rings (SSSR count). The van der Waals surface area contributed by atoms with Crippen molar-refractivity contribution in [3.8, 4) is 17.6 Å². The quantitative estimate of drug-likeness (QED) is 0.778. The van der Waals surface area contributed by atoms with Crippen molar-refractivity contribution in [1.29, 1.82) is 5.26 Å². The second-order valence-electron chi connectivity index (χ2n) is 7.35. The van der Waals surface area contributed by atoms with Gasteiger partial charge in [0.1, 0.15) is 28.9 Å². The first-order valence-corrected chi connectivity index (χ1v) is 9.94. The van der Waals surface area contributed by atoms with Crippen LogP contribution in [0.5, 0.6) is 11.5 Å². The molecule has 2 N–H and O–H groups in total. The molecule has 0 unspecified atom stereocenters. The predicted octanol–water partition coefficient (Wildman–Crippen LogP) is 5.03. The van der Waals surface area contributed by atoms with Crippen LogP contribution in [-0.2, 0) is 4.74 Å². The van der Waals surface area contributed by atoms with Gasteiger partial charge in [-0.2, -0.15) is 5.26 Å². The summed E-state index contributed by atoms with van der Waals surface area (Å²) in [6.45, 7) is 0.